The van der Waals surface area contributed by atoms with Crippen molar-refractivity contribution in [3.8, 4) is 0 Å². The molecule has 1 aliphatic carbocycles. The number of piperidine rings is 1. The lowest BCUT2D eigenvalue weighted by Crippen LogP contribution is -2.56. The molecule has 0 bridgehead atoms. The Hall–Kier alpha value is -0.780. The van der Waals surface area contributed by atoms with Crippen molar-refractivity contribution in [3.05, 3.63) is 0 Å². The fourth-order valence-electron chi connectivity index (χ4n) is 2.87. The lowest BCUT2D eigenvalue weighted by molar-refractivity contribution is -0.197. The van der Waals surface area contributed by atoms with Gasteiger partial charge in [-0.05, 0) is 25.2 Å². The van der Waals surface area contributed by atoms with Crippen LogP contribution in [0, 0.1) is 5.92 Å². The van der Waals surface area contributed by atoms with Gasteiger partial charge in [0.25, 0.3) is 0 Å². The third kappa shape index (κ3) is 3.61. The van der Waals surface area contributed by atoms with E-state index in [1.807, 2.05) is 0 Å². The molecule has 0 aromatic heterocycles. The Morgan fingerprint density at radius 1 is 1.21 bits per heavy atom. The molecule has 2 rings (SSSR count). The third-order valence-electron chi connectivity index (χ3n) is 4.31. The molecular formula is C13H21F3N2O. The first-order chi connectivity index (χ1) is 8.88. The second-order valence-corrected chi connectivity index (χ2v) is 5.78. The molecule has 3 nitrogen and oxygen atoms in total. The summed E-state index contributed by atoms with van der Waals surface area (Å²) in [7, 11) is 0. The molecule has 2 fully saturated rings. The molecule has 2 aliphatic rings. The number of carbonyl (C=O) groups excluding carboxylic acids is 1. The van der Waals surface area contributed by atoms with Crippen LogP contribution < -0.4 is 5.73 Å². The van der Waals surface area contributed by atoms with Crippen LogP contribution in [-0.4, -0.2) is 35.6 Å². The molecule has 110 valence electrons. The molecule has 0 radical (unpaired) electrons. The summed E-state index contributed by atoms with van der Waals surface area (Å²) < 4.78 is 38.8. The minimum atomic E-state index is -4.34. The number of hydrogen-bond acceptors (Lipinski definition) is 2. The summed E-state index contributed by atoms with van der Waals surface area (Å²) in [6, 6.07) is -1.97. The van der Waals surface area contributed by atoms with Gasteiger partial charge < -0.3 is 10.6 Å². The van der Waals surface area contributed by atoms with Crippen molar-refractivity contribution in [1.29, 1.82) is 0 Å². The molecule has 1 amide bonds. The average molecular weight is 278 g/mol. The Kier molecular flexibility index (Phi) is 4.38. The van der Waals surface area contributed by atoms with E-state index in [2.05, 4.69) is 0 Å². The van der Waals surface area contributed by atoms with Gasteiger partial charge >= 0.3 is 6.18 Å². The lowest BCUT2D eigenvalue weighted by atomic mass is 9.82. The van der Waals surface area contributed by atoms with Crippen LogP contribution in [0.5, 0.6) is 0 Å². The number of nitrogens with zero attached hydrogens (tertiary/aromatic N) is 1. The highest BCUT2D eigenvalue weighted by Gasteiger charge is 2.47. The highest BCUT2D eigenvalue weighted by atomic mass is 19.4. The molecule has 0 aromatic carbocycles. The van der Waals surface area contributed by atoms with Gasteiger partial charge in [0.1, 0.15) is 6.04 Å². The van der Waals surface area contributed by atoms with Gasteiger partial charge in [0, 0.05) is 19.0 Å². The Balaban J connectivity index is 1.93. The van der Waals surface area contributed by atoms with E-state index in [0.29, 0.717) is 12.3 Å². The van der Waals surface area contributed by atoms with E-state index in [0.717, 1.165) is 24.2 Å². The zero-order valence-corrected chi connectivity index (χ0v) is 11.0. The van der Waals surface area contributed by atoms with Crippen molar-refractivity contribution in [2.75, 3.05) is 6.54 Å². The van der Waals surface area contributed by atoms with Crippen molar-refractivity contribution in [2.45, 2.75) is 63.2 Å². The zero-order chi connectivity index (χ0) is 14.0. The highest BCUT2D eigenvalue weighted by Crippen LogP contribution is 2.34. The van der Waals surface area contributed by atoms with Crippen molar-refractivity contribution >= 4 is 5.91 Å². The first-order valence-corrected chi connectivity index (χ1v) is 6.99. The number of hydrogen-bond donors (Lipinski definition) is 1. The van der Waals surface area contributed by atoms with Crippen LogP contribution in [0.1, 0.15) is 44.9 Å². The van der Waals surface area contributed by atoms with E-state index in [1.54, 1.807) is 0 Å². The number of nitrogens with two attached hydrogens (primary N) is 1. The second kappa shape index (κ2) is 5.69. The van der Waals surface area contributed by atoms with Gasteiger partial charge in [0.05, 0.1) is 0 Å². The monoisotopic (exact) mass is 278 g/mol. The summed E-state index contributed by atoms with van der Waals surface area (Å²) in [4.78, 5) is 13.0. The van der Waals surface area contributed by atoms with Gasteiger partial charge in [-0.25, -0.2) is 0 Å². The van der Waals surface area contributed by atoms with Crippen molar-refractivity contribution in [1.82, 2.24) is 4.90 Å². The van der Waals surface area contributed by atoms with Crippen molar-refractivity contribution in [3.63, 3.8) is 0 Å². The molecule has 2 unspecified atom stereocenters. The van der Waals surface area contributed by atoms with E-state index in [9.17, 15) is 18.0 Å². The molecule has 0 aromatic rings. The first kappa shape index (κ1) is 14.6. The largest absolute Gasteiger partial charge is 0.408 e. The van der Waals surface area contributed by atoms with E-state index < -0.39 is 12.2 Å². The van der Waals surface area contributed by atoms with Crippen LogP contribution in [0.25, 0.3) is 0 Å². The van der Waals surface area contributed by atoms with Gasteiger partial charge in [-0.1, -0.05) is 19.3 Å². The number of halogens is 3. The number of rotatable bonds is 3. The molecule has 1 aliphatic heterocycles. The van der Waals surface area contributed by atoms with Crippen LogP contribution in [-0.2, 0) is 4.79 Å². The number of alkyl halides is 3. The molecule has 1 heterocycles. The normalized spacial score (nSPS) is 29.2. The summed E-state index contributed by atoms with van der Waals surface area (Å²) in [5.74, 6) is 0.149. The number of carbonyl (C=O) groups is 1. The Labute approximate surface area is 111 Å². The Bertz CT molecular complexity index is 328. The topological polar surface area (TPSA) is 46.3 Å². The Morgan fingerprint density at radius 3 is 2.42 bits per heavy atom. The fraction of sp³-hybridized carbons (Fsp3) is 0.923. The average Bonchev–Trinajstić information content (AvgIpc) is 2.24. The van der Waals surface area contributed by atoms with Gasteiger partial charge in [0.2, 0.25) is 5.91 Å². The van der Waals surface area contributed by atoms with Crippen LogP contribution in [0.3, 0.4) is 0 Å². The minimum Gasteiger partial charge on any atom is -0.329 e. The maximum Gasteiger partial charge on any atom is 0.408 e. The highest BCUT2D eigenvalue weighted by molar-refractivity contribution is 5.76. The molecule has 2 atom stereocenters. The molecule has 1 saturated carbocycles. The number of likely N-dealkylation sites (tertiary alicyclic amines) is 1. The fourth-order valence-corrected chi connectivity index (χ4v) is 2.87. The lowest BCUT2D eigenvalue weighted by Gasteiger charge is -2.39. The van der Waals surface area contributed by atoms with E-state index in [4.69, 9.17) is 5.73 Å². The zero-order valence-electron chi connectivity index (χ0n) is 11.0. The van der Waals surface area contributed by atoms with Crippen molar-refractivity contribution < 1.29 is 18.0 Å². The van der Waals surface area contributed by atoms with Gasteiger partial charge in [-0.15, -0.1) is 0 Å². The number of amides is 1. The predicted octanol–water partition coefficient (Wildman–Crippen LogP) is 2.45. The molecule has 1 saturated heterocycles. The van der Waals surface area contributed by atoms with E-state index in [-0.39, 0.29) is 31.3 Å². The summed E-state index contributed by atoms with van der Waals surface area (Å²) in [5, 5.41) is 0. The summed E-state index contributed by atoms with van der Waals surface area (Å²) in [6.45, 7) is 0.0354. The quantitative estimate of drug-likeness (QED) is 0.862. The van der Waals surface area contributed by atoms with E-state index in [1.165, 1.54) is 6.42 Å². The molecule has 19 heavy (non-hydrogen) atoms. The summed E-state index contributed by atoms with van der Waals surface area (Å²) in [5.41, 5.74) is 5.70. The summed E-state index contributed by atoms with van der Waals surface area (Å²) in [6.07, 6.45) is 0.255. The van der Waals surface area contributed by atoms with Crippen LogP contribution in [0.15, 0.2) is 0 Å². The second-order valence-electron chi connectivity index (χ2n) is 5.78. The Morgan fingerprint density at radius 2 is 1.89 bits per heavy atom. The van der Waals surface area contributed by atoms with Crippen LogP contribution in [0.2, 0.25) is 0 Å². The van der Waals surface area contributed by atoms with Gasteiger partial charge in [0.15, 0.2) is 0 Å². The molecular weight excluding hydrogens is 257 g/mol. The smallest absolute Gasteiger partial charge is 0.329 e. The first-order valence-electron chi connectivity index (χ1n) is 6.99. The third-order valence-corrected chi connectivity index (χ3v) is 4.31. The standard InChI is InChI=1S/C13H21F3N2O/c14-13(15,16)11-6-5-10(17)8-18(11)12(19)7-4-9-2-1-3-9/h9-11H,1-8,17H2. The van der Waals surface area contributed by atoms with Crippen LogP contribution >= 0.6 is 0 Å². The minimum absolute atomic E-state index is 0.0354. The maximum atomic E-state index is 12.9. The van der Waals surface area contributed by atoms with Crippen molar-refractivity contribution in [2.24, 2.45) is 11.7 Å². The predicted molar refractivity (Wildman–Crippen MR) is 65.3 cm³/mol. The van der Waals surface area contributed by atoms with Gasteiger partial charge in [-0.2, -0.15) is 13.2 Å². The van der Waals surface area contributed by atoms with Gasteiger partial charge in [-0.3, -0.25) is 4.79 Å². The summed E-state index contributed by atoms with van der Waals surface area (Å²) >= 11 is 0. The van der Waals surface area contributed by atoms with E-state index >= 15 is 0 Å². The molecule has 6 heteroatoms. The van der Waals surface area contributed by atoms with Crippen LogP contribution in [0.4, 0.5) is 13.2 Å². The maximum absolute atomic E-state index is 12.9. The molecule has 0 spiro atoms. The SMILES string of the molecule is NC1CCC(C(F)(F)F)N(C(=O)CCC2CCC2)C1. The molecule has 2 N–H and O–H groups in total.